The van der Waals surface area contributed by atoms with Gasteiger partial charge >= 0.3 is 0 Å². The molecule has 1 aromatic heterocycles. The van der Waals surface area contributed by atoms with Crippen LogP contribution in [-0.4, -0.2) is 41.8 Å². The number of benzene rings is 1. The minimum absolute atomic E-state index is 0.0866. The summed E-state index contributed by atoms with van der Waals surface area (Å²) in [5.74, 6) is -0.436. The molecule has 0 N–H and O–H groups in total. The normalized spacial score (nSPS) is 11.0. The Labute approximate surface area is 139 Å². The lowest BCUT2D eigenvalue weighted by atomic mass is 10.3. The quantitative estimate of drug-likeness (QED) is 0.788. The summed E-state index contributed by atoms with van der Waals surface area (Å²) in [6.07, 6.45) is 0. The Morgan fingerprint density at radius 1 is 1.04 bits per heavy atom. The predicted octanol–water partition coefficient (Wildman–Crippen LogP) is 2.07. The molecule has 0 fully saturated rings. The van der Waals surface area contributed by atoms with Gasteiger partial charge in [0.2, 0.25) is 5.88 Å². The zero-order chi connectivity index (χ0) is 17.9. The smallest absolute Gasteiger partial charge is 0.268 e. The van der Waals surface area contributed by atoms with E-state index in [0.29, 0.717) is 0 Å². The van der Waals surface area contributed by atoms with Crippen LogP contribution in [0.3, 0.4) is 0 Å². The number of methoxy groups -OCH3 is 3. The van der Waals surface area contributed by atoms with Gasteiger partial charge in [0.15, 0.2) is 11.5 Å². The second-order valence-corrected chi connectivity index (χ2v) is 6.59. The highest BCUT2D eigenvalue weighted by Crippen LogP contribution is 2.33. The molecule has 0 radical (unpaired) electrons. The van der Waals surface area contributed by atoms with Crippen molar-refractivity contribution in [3.8, 4) is 17.4 Å². The number of rotatable bonds is 6. The number of nitrogens with zero attached hydrogens (tertiary/aromatic N) is 2. The van der Waals surface area contributed by atoms with Gasteiger partial charge in [0.25, 0.3) is 10.0 Å². The fourth-order valence-electron chi connectivity index (χ4n) is 2.00. The molecule has 2 rings (SSSR count). The van der Waals surface area contributed by atoms with Gasteiger partial charge in [-0.3, -0.25) is 4.31 Å². The van der Waals surface area contributed by atoms with Crippen LogP contribution in [0.4, 0.5) is 10.2 Å². The SMILES string of the molecule is COc1cccc(N(C)S(=O)(=O)c2cc(OC)c(OC)cc2F)n1. The van der Waals surface area contributed by atoms with E-state index in [2.05, 4.69) is 4.98 Å². The summed E-state index contributed by atoms with van der Waals surface area (Å²) in [7, 11) is 1.15. The highest BCUT2D eigenvalue weighted by Gasteiger charge is 2.28. The number of hydrogen-bond acceptors (Lipinski definition) is 6. The number of sulfonamides is 1. The molecule has 0 aliphatic rings. The number of ether oxygens (including phenoxy) is 3. The first kappa shape index (κ1) is 17.8. The van der Waals surface area contributed by atoms with E-state index in [1.807, 2.05) is 0 Å². The molecule has 1 aromatic carbocycles. The van der Waals surface area contributed by atoms with E-state index in [1.54, 1.807) is 12.1 Å². The molecule has 0 saturated carbocycles. The minimum Gasteiger partial charge on any atom is -0.493 e. The third kappa shape index (κ3) is 3.21. The fourth-order valence-corrected chi connectivity index (χ4v) is 3.20. The van der Waals surface area contributed by atoms with Crippen molar-refractivity contribution in [3.63, 3.8) is 0 Å². The van der Waals surface area contributed by atoms with Crippen molar-refractivity contribution < 1.29 is 27.0 Å². The van der Waals surface area contributed by atoms with E-state index < -0.39 is 20.7 Å². The predicted molar refractivity (Wildman–Crippen MR) is 85.9 cm³/mol. The third-order valence-electron chi connectivity index (χ3n) is 3.32. The number of halogens is 1. The standard InChI is InChI=1S/C15H17FN2O5S/c1-18(14-6-5-7-15(17-14)23-4)24(19,20)13-9-12(22-3)11(21-2)8-10(13)16/h5-9H,1-4H3. The molecule has 2 aromatic rings. The summed E-state index contributed by atoms with van der Waals surface area (Å²) in [5.41, 5.74) is 0. The van der Waals surface area contributed by atoms with Crippen LogP contribution in [0.1, 0.15) is 0 Å². The number of hydrogen-bond donors (Lipinski definition) is 0. The Morgan fingerprint density at radius 2 is 1.67 bits per heavy atom. The number of pyridine rings is 1. The number of aromatic nitrogens is 1. The van der Waals surface area contributed by atoms with Gasteiger partial charge in [0, 0.05) is 25.2 Å². The topological polar surface area (TPSA) is 78.0 Å². The zero-order valence-corrected chi connectivity index (χ0v) is 14.4. The van der Waals surface area contributed by atoms with Gasteiger partial charge in [0.05, 0.1) is 21.3 Å². The van der Waals surface area contributed by atoms with E-state index in [1.165, 1.54) is 34.4 Å². The molecule has 0 aliphatic heterocycles. The van der Waals surface area contributed by atoms with Gasteiger partial charge < -0.3 is 14.2 Å². The van der Waals surface area contributed by atoms with Crippen LogP contribution in [0.15, 0.2) is 35.2 Å². The maximum Gasteiger partial charge on any atom is 0.268 e. The van der Waals surface area contributed by atoms with Crippen molar-refractivity contribution in [2.45, 2.75) is 4.90 Å². The Morgan fingerprint density at radius 3 is 2.25 bits per heavy atom. The van der Waals surface area contributed by atoms with Gasteiger partial charge in [-0.05, 0) is 6.07 Å². The van der Waals surface area contributed by atoms with E-state index in [0.717, 1.165) is 16.4 Å². The molecule has 0 atom stereocenters. The van der Waals surface area contributed by atoms with Crippen LogP contribution in [0, 0.1) is 5.82 Å². The summed E-state index contributed by atoms with van der Waals surface area (Å²) in [6.45, 7) is 0. The molecular formula is C15H17FN2O5S. The Bertz CT molecular complexity index is 842. The highest BCUT2D eigenvalue weighted by molar-refractivity contribution is 7.92. The van der Waals surface area contributed by atoms with Gasteiger partial charge in [-0.15, -0.1) is 0 Å². The lowest BCUT2D eigenvalue weighted by molar-refractivity contribution is 0.350. The van der Waals surface area contributed by atoms with Gasteiger partial charge in [0.1, 0.15) is 16.5 Å². The molecular weight excluding hydrogens is 339 g/mol. The van der Waals surface area contributed by atoms with E-state index in [-0.39, 0.29) is 23.2 Å². The molecule has 9 heteroatoms. The molecule has 24 heavy (non-hydrogen) atoms. The molecule has 7 nitrogen and oxygen atoms in total. The van der Waals surface area contributed by atoms with Crippen LogP contribution in [0.2, 0.25) is 0 Å². The summed E-state index contributed by atoms with van der Waals surface area (Å²) in [6, 6.07) is 6.65. The van der Waals surface area contributed by atoms with Crippen molar-refractivity contribution >= 4 is 15.8 Å². The first-order chi connectivity index (χ1) is 11.3. The maximum absolute atomic E-state index is 14.3. The summed E-state index contributed by atoms with van der Waals surface area (Å²) in [5, 5.41) is 0. The van der Waals surface area contributed by atoms with Gasteiger partial charge in [-0.2, -0.15) is 4.98 Å². The first-order valence-electron chi connectivity index (χ1n) is 6.76. The molecule has 0 unspecified atom stereocenters. The van der Waals surface area contributed by atoms with Crippen molar-refractivity contribution in [3.05, 3.63) is 36.1 Å². The van der Waals surface area contributed by atoms with Crippen molar-refractivity contribution in [1.82, 2.24) is 4.98 Å². The van der Waals surface area contributed by atoms with Crippen LogP contribution in [0.5, 0.6) is 17.4 Å². The van der Waals surface area contributed by atoms with Crippen molar-refractivity contribution in [2.24, 2.45) is 0 Å². The third-order valence-corrected chi connectivity index (χ3v) is 5.09. The minimum atomic E-state index is -4.20. The molecule has 0 aliphatic carbocycles. The zero-order valence-electron chi connectivity index (χ0n) is 13.6. The van der Waals surface area contributed by atoms with Crippen LogP contribution >= 0.6 is 0 Å². The summed E-state index contributed by atoms with van der Waals surface area (Å²) >= 11 is 0. The van der Waals surface area contributed by atoms with E-state index in [4.69, 9.17) is 14.2 Å². The maximum atomic E-state index is 14.3. The van der Waals surface area contributed by atoms with Crippen LogP contribution < -0.4 is 18.5 Å². The van der Waals surface area contributed by atoms with E-state index in [9.17, 15) is 12.8 Å². The second kappa shape index (κ2) is 6.91. The Kier molecular flexibility index (Phi) is 5.13. The monoisotopic (exact) mass is 356 g/mol. The highest BCUT2D eigenvalue weighted by atomic mass is 32.2. The Hall–Kier alpha value is -2.55. The lowest BCUT2D eigenvalue weighted by Gasteiger charge is -2.20. The van der Waals surface area contributed by atoms with Crippen LogP contribution in [0.25, 0.3) is 0 Å². The van der Waals surface area contributed by atoms with Gasteiger partial charge in [-0.1, -0.05) is 6.07 Å². The fraction of sp³-hybridized carbons (Fsp3) is 0.267. The Balaban J connectivity index is 2.53. The average Bonchev–Trinajstić information content (AvgIpc) is 2.60. The average molecular weight is 356 g/mol. The van der Waals surface area contributed by atoms with Crippen molar-refractivity contribution in [2.75, 3.05) is 32.7 Å². The molecule has 0 saturated heterocycles. The molecule has 0 bridgehead atoms. The molecule has 1 heterocycles. The summed E-state index contributed by atoms with van der Waals surface area (Å²) < 4.78 is 55.6. The van der Waals surface area contributed by atoms with E-state index >= 15 is 0 Å². The second-order valence-electron chi connectivity index (χ2n) is 4.65. The number of anilines is 1. The van der Waals surface area contributed by atoms with Gasteiger partial charge in [-0.25, -0.2) is 12.8 Å². The first-order valence-corrected chi connectivity index (χ1v) is 8.20. The summed E-state index contributed by atoms with van der Waals surface area (Å²) in [4.78, 5) is 3.49. The van der Waals surface area contributed by atoms with Crippen molar-refractivity contribution in [1.29, 1.82) is 0 Å². The lowest BCUT2D eigenvalue weighted by Crippen LogP contribution is -2.28. The van der Waals surface area contributed by atoms with Crippen LogP contribution in [-0.2, 0) is 10.0 Å². The molecule has 0 spiro atoms. The molecule has 0 amide bonds. The largest absolute Gasteiger partial charge is 0.493 e. The molecule has 130 valence electrons.